The molecule has 110 valence electrons. The molecule has 0 aromatic carbocycles. The van der Waals surface area contributed by atoms with Crippen molar-refractivity contribution in [3.63, 3.8) is 0 Å². The fourth-order valence-corrected chi connectivity index (χ4v) is 3.64. The van der Waals surface area contributed by atoms with Crippen molar-refractivity contribution in [2.75, 3.05) is 32.9 Å². The van der Waals surface area contributed by atoms with Crippen LogP contribution in [0.5, 0.6) is 0 Å². The molecule has 4 heteroatoms. The lowest BCUT2D eigenvalue weighted by molar-refractivity contribution is -0.158. The molecule has 2 saturated heterocycles. The average Bonchev–Trinajstić information content (AvgIpc) is 2.47. The Morgan fingerprint density at radius 1 is 1.16 bits per heavy atom. The molecule has 2 atom stereocenters. The maximum Gasteiger partial charge on any atom is 0.0933 e. The van der Waals surface area contributed by atoms with Gasteiger partial charge in [0.15, 0.2) is 0 Å². The van der Waals surface area contributed by atoms with Crippen LogP contribution >= 0.6 is 0 Å². The van der Waals surface area contributed by atoms with Gasteiger partial charge in [0.1, 0.15) is 0 Å². The Balaban J connectivity index is 1.45. The summed E-state index contributed by atoms with van der Waals surface area (Å²) < 4.78 is 17.9. The van der Waals surface area contributed by atoms with Gasteiger partial charge in [0.05, 0.1) is 31.0 Å². The van der Waals surface area contributed by atoms with Gasteiger partial charge in [-0.2, -0.15) is 0 Å². The van der Waals surface area contributed by atoms with E-state index in [-0.39, 0.29) is 11.7 Å². The van der Waals surface area contributed by atoms with Gasteiger partial charge >= 0.3 is 0 Å². The van der Waals surface area contributed by atoms with Crippen LogP contribution in [0.2, 0.25) is 0 Å². The predicted octanol–water partition coefficient (Wildman–Crippen LogP) is 1.87. The third kappa shape index (κ3) is 3.69. The van der Waals surface area contributed by atoms with E-state index in [1.54, 1.807) is 0 Å². The Labute approximate surface area is 116 Å². The largest absolute Gasteiger partial charge is 0.375 e. The molecule has 3 aliphatic rings. The van der Waals surface area contributed by atoms with Crippen molar-refractivity contribution in [1.29, 1.82) is 0 Å². The van der Waals surface area contributed by atoms with E-state index < -0.39 is 0 Å². The third-order valence-corrected chi connectivity index (χ3v) is 4.73. The zero-order chi connectivity index (χ0) is 13.0. The molecule has 3 rings (SSSR count). The number of rotatable bonds is 3. The summed E-state index contributed by atoms with van der Waals surface area (Å²) in [5.41, 5.74) is 0.146. The van der Waals surface area contributed by atoms with Crippen LogP contribution in [-0.2, 0) is 14.2 Å². The van der Waals surface area contributed by atoms with Crippen molar-refractivity contribution in [2.24, 2.45) is 0 Å². The molecule has 4 nitrogen and oxygen atoms in total. The topological polar surface area (TPSA) is 39.7 Å². The van der Waals surface area contributed by atoms with Crippen molar-refractivity contribution >= 4 is 0 Å². The summed E-state index contributed by atoms with van der Waals surface area (Å²) >= 11 is 0. The Morgan fingerprint density at radius 2 is 2.05 bits per heavy atom. The second-order valence-electron chi connectivity index (χ2n) is 6.24. The zero-order valence-corrected chi connectivity index (χ0v) is 11.9. The molecule has 0 aromatic heterocycles. The van der Waals surface area contributed by atoms with Gasteiger partial charge in [-0.15, -0.1) is 0 Å². The minimum Gasteiger partial charge on any atom is -0.375 e. The molecule has 0 radical (unpaired) electrons. The highest BCUT2D eigenvalue weighted by Crippen LogP contribution is 2.39. The minimum atomic E-state index is 0.146. The average molecular weight is 269 g/mol. The van der Waals surface area contributed by atoms with Crippen LogP contribution in [0.1, 0.15) is 44.9 Å². The Hall–Kier alpha value is -0.160. The van der Waals surface area contributed by atoms with Gasteiger partial charge in [-0.05, 0) is 19.3 Å². The summed E-state index contributed by atoms with van der Waals surface area (Å²) in [5.74, 6) is 0. The Bertz CT molecular complexity index is 267. The molecule has 1 saturated carbocycles. The molecule has 0 bridgehead atoms. The van der Waals surface area contributed by atoms with Crippen molar-refractivity contribution in [2.45, 2.75) is 62.8 Å². The number of morpholine rings is 1. The molecule has 1 spiro atoms. The molecular weight excluding hydrogens is 242 g/mol. The van der Waals surface area contributed by atoms with Crippen molar-refractivity contribution < 1.29 is 14.2 Å². The van der Waals surface area contributed by atoms with E-state index in [0.717, 1.165) is 45.8 Å². The Kier molecular flexibility index (Phi) is 4.74. The first-order chi connectivity index (χ1) is 9.36. The molecule has 2 heterocycles. The SMILES string of the molecule is C1CCC2(CC1)CC(OCC1CNCCO1)CCO2. The first-order valence-corrected chi connectivity index (χ1v) is 7.94. The summed E-state index contributed by atoms with van der Waals surface area (Å²) in [6.45, 7) is 4.30. The molecule has 1 N–H and O–H groups in total. The molecule has 0 aromatic rings. The van der Waals surface area contributed by atoms with Crippen LogP contribution in [0, 0.1) is 0 Å². The van der Waals surface area contributed by atoms with E-state index in [2.05, 4.69) is 5.32 Å². The van der Waals surface area contributed by atoms with Crippen LogP contribution in [0.4, 0.5) is 0 Å². The number of hydrogen-bond donors (Lipinski definition) is 1. The molecule has 2 aliphatic heterocycles. The summed E-state index contributed by atoms with van der Waals surface area (Å²) in [6, 6.07) is 0. The second kappa shape index (κ2) is 6.53. The van der Waals surface area contributed by atoms with E-state index in [0.29, 0.717) is 6.10 Å². The lowest BCUT2D eigenvalue weighted by atomic mass is 9.79. The van der Waals surface area contributed by atoms with E-state index in [1.807, 2.05) is 0 Å². The predicted molar refractivity (Wildman–Crippen MR) is 73.4 cm³/mol. The van der Waals surface area contributed by atoms with Gasteiger partial charge < -0.3 is 19.5 Å². The summed E-state index contributed by atoms with van der Waals surface area (Å²) in [4.78, 5) is 0. The molecule has 2 unspecified atom stereocenters. The lowest BCUT2D eigenvalue weighted by Crippen LogP contribution is -2.46. The summed E-state index contributed by atoms with van der Waals surface area (Å²) in [5, 5.41) is 3.35. The third-order valence-electron chi connectivity index (χ3n) is 4.73. The van der Waals surface area contributed by atoms with Crippen molar-refractivity contribution in [3.05, 3.63) is 0 Å². The van der Waals surface area contributed by atoms with Crippen LogP contribution in [0.15, 0.2) is 0 Å². The van der Waals surface area contributed by atoms with Crippen molar-refractivity contribution in [1.82, 2.24) is 5.32 Å². The van der Waals surface area contributed by atoms with Crippen molar-refractivity contribution in [3.8, 4) is 0 Å². The van der Waals surface area contributed by atoms with Crippen LogP contribution < -0.4 is 5.32 Å². The smallest absolute Gasteiger partial charge is 0.0933 e. The lowest BCUT2D eigenvalue weighted by Gasteiger charge is -2.43. The molecule has 19 heavy (non-hydrogen) atoms. The monoisotopic (exact) mass is 269 g/mol. The normalized spacial score (nSPS) is 35.4. The number of hydrogen-bond acceptors (Lipinski definition) is 4. The fourth-order valence-electron chi connectivity index (χ4n) is 3.64. The first-order valence-electron chi connectivity index (χ1n) is 7.94. The van der Waals surface area contributed by atoms with Gasteiger partial charge in [-0.1, -0.05) is 19.3 Å². The highest BCUT2D eigenvalue weighted by Gasteiger charge is 2.39. The van der Waals surface area contributed by atoms with Crippen LogP contribution in [0.3, 0.4) is 0 Å². The number of nitrogens with one attached hydrogen (secondary N) is 1. The zero-order valence-electron chi connectivity index (χ0n) is 11.9. The number of ether oxygens (including phenoxy) is 3. The highest BCUT2D eigenvalue weighted by atomic mass is 16.5. The second-order valence-corrected chi connectivity index (χ2v) is 6.24. The first kappa shape index (κ1) is 13.8. The van der Waals surface area contributed by atoms with Gasteiger partial charge in [0.2, 0.25) is 0 Å². The van der Waals surface area contributed by atoms with Gasteiger partial charge in [-0.25, -0.2) is 0 Å². The fraction of sp³-hybridized carbons (Fsp3) is 1.00. The van der Waals surface area contributed by atoms with Crippen LogP contribution in [0.25, 0.3) is 0 Å². The van der Waals surface area contributed by atoms with E-state index in [9.17, 15) is 0 Å². The minimum absolute atomic E-state index is 0.146. The standard InChI is InChI=1S/C15H27NO3/c1-2-5-15(6-3-1)10-13(4-8-19-15)18-12-14-11-16-7-9-17-14/h13-14,16H,1-12H2. The molecular formula is C15H27NO3. The molecule has 3 fully saturated rings. The van der Waals surface area contributed by atoms with E-state index in [1.165, 1.54) is 32.1 Å². The quantitative estimate of drug-likeness (QED) is 0.849. The van der Waals surface area contributed by atoms with Gasteiger partial charge in [0.25, 0.3) is 0 Å². The van der Waals surface area contributed by atoms with E-state index >= 15 is 0 Å². The van der Waals surface area contributed by atoms with Crippen LogP contribution in [-0.4, -0.2) is 50.7 Å². The highest BCUT2D eigenvalue weighted by molar-refractivity contribution is 4.90. The summed E-state index contributed by atoms with van der Waals surface area (Å²) in [6.07, 6.45) is 9.22. The summed E-state index contributed by atoms with van der Waals surface area (Å²) in [7, 11) is 0. The maximum absolute atomic E-state index is 6.10. The van der Waals surface area contributed by atoms with Gasteiger partial charge in [0, 0.05) is 26.1 Å². The van der Waals surface area contributed by atoms with E-state index in [4.69, 9.17) is 14.2 Å². The van der Waals surface area contributed by atoms with Gasteiger partial charge in [-0.3, -0.25) is 0 Å². The maximum atomic E-state index is 6.10. The molecule has 1 aliphatic carbocycles. The Morgan fingerprint density at radius 3 is 2.84 bits per heavy atom. The molecule has 0 amide bonds.